The van der Waals surface area contributed by atoms with Gasteiger partial charge in [-0.15, -0.1) is 0 Å². The molecule has 2 aromatic rings. The average molecular weight is 268 g/mol. The Morgan fingerprint density at radius 2 is 2.15 bits per heavy atom. The summed E-state index contributed by atoms with van der Waals surface area (Å²) in [5.74, 6) is 1.57. The summed E-state index contributed by atoms with van der Waals surface area (Å²) in [5.41, 5.74) is 2.86. The Balaban J connectivity index is 1.80. The standard InChI is InChI=1S/C16H20N4/c1-2-17-16-18-11-10-15(20-16)19-14-9-5-7-12-6-3-4-8-13(12)14/h3-4,6,8,10-11,14H,2,5,7,9H2,1H3,(H2,17,18,19,20). The lowest BCUT2D eigenvalue weighted by atomic mass is 9.88. The van der Waals surface area contributed by atoms with Crippen LogP contribution in [0.25, 0.3) is 0 Å². The lowest BCUT2D eigenvalue weighted by Gasteiger charge is -2.26. The fraction of sp³-hybridized carbons (Fsp3) is 0.375. The molecule has 4 nitrogen and oxygen atoms in total. The van der Waals surface area contributed by atoms with E-state index in [9.17, 15) is 0 Å². The van der Waals surface area contributed by atoms with Crippen LogP contribution in [0.1, 0.15) is 36.9 Å². The predicted octanol–water partition coefficient (Wildman–Crippen LogP) is 3.40. The number of nitrogens with one attached hydrogen (secondary N) is 2. The molecule has 104 valence electrons. The summed E-state index contributed by atoms with van der Waals surface area (Å²) in [6.45, 7) is 2.87. The molecule has 3 rings (SSSR count). The minimum Gasteiger partial charge on any atom is -0.363 e. The Bertz CT molecular complexity index is 582. The molecule has 20 heavy (non-hydrogen) atoms. The molecule has 1 atom stereocenters. The molecule has 1 aromatic heterocycles. The van der Waals surface area contributed by atoms with Gasteiger partial charge in [-0.25, -0.2) is 4.98 Å². The summed E-state index contributed by atoms with van der Waals surface area (Å²) < 4.78 is 0. The SMILES string of the molecule is CCNc1nccc(NC2CCCc3ccccc32)n1. The van der Waals surface area contributed by atoms with Gasteiger partial charge in [-0.3, -0.25) is 0 Å². The van der Waals surface area contributed by atoms with E-state index >= 15 is 0 Å². The number of hydrogen-bond acceptors (Lipinski definition) is 4. The first-order valence-corrected chi connectivity index (χ1v) is 7.28. The Kier molecular flexibility index (Phi) is 3.81. The van der Waals surface area contributed by atoms with Crippen molar-refractivity contribution in [1.29, 1.82) is 0 Å². The molecular weight excluding hydrogens is 248 g/mol. The quantitative estimate of drug-likeness (QED) is 0.892. The summed E-state index contributed by atoms with van der Waals surface area (Å²) in [6, 6.07) is 11.0. The van der Waals surface area contributed by atoms with Gasteiger partial charge in [0.25, 0.3) is 0 Å². The lowest BCUT2D eigenvalue weighted by molar-refractivity contribution is 0.598. The molecule has 0 aliphatic heterocycles. The van der Waals surface area contributed by atoms with Gasteiger partial charge in [0.05, 0.1) is 6.04 Å². The van der Waals surface area contributed by atoms with Crippen molar-refractivity contribution >= 4 is 11.8 Å². The van der Waals surface area contributed by atoms with E-state index < -0.39 is 0 Å². The van der Waals surface area contributed by atoms with Crippen LogP contribution in [0, 0.1) is 0 Å². The summed E-state index contributed by atoms with van der Waals surface area (Å²) in [7, 11) is 0. The summed E-state index contributed by atoms with van der Waals surface area (Å²) >= 11 is 0. The molecular formula is C16H20N4. The molecule has 0 radical (unpaired) electrons. The molecule has 1 unspecified atom stereocenters. The van der Waals surface area contributed by atoms with Crippen LogP contribution in [0.3, 0.4) is 0 Å². The highest BCUT2D eigenvalue weighted by atomic mass is 15.1. The van der Waals surface area contributed by atoms with Crippen LogP contribution in [0.5, 0.6) is 0 Å². The van der Waals surface area contributed by atoms with Gasteiger partial charge in [-0.05, 0) is 43.4 Å². The molecule has 1 aliphatic rings. The van der Waals surface area contributed by atoms with E-state index in [1.54, 1.807) is 6.20 Å². The largest absolute Gasteiger partial charge is 0.363 e. The van der Waals surface area contributed by atoms with Crippen molar-refractivity contribution in [2.45, 2.75) is 32.2 Å². The van der Waals surface area contributed by atoms with Crippen molar-refractivity contribution in [1.82, 2.24) is 9.97 Å². The number of benzene rings is 1. The zero-order valence-corrected chi connectivity index (χ0v) is 11.8. The maximum Gasteiger partial charge on any atom is 0.224 e. The molecule has 0 spiro atoms. The Morgan fingerprint density at radius 1 is 1.25 bits per heavy atom. The normalized spacial score (nSPS) is 17.4. The van der Waals surface area contributed by atoms with Gasteiger partial charge >= 0.3 is 0 Å². The third-order valence-electron chi connectivity index (χ3n) is 3.68. The van der Waals surface area contributed by atoms with E-state index in [-0.39, 0.29) is 0 Å². The van der Waals surface area contributed by atoms with Crippen molar-refractivity contribution in [2.24, 2.45) is 0 Å². The number of nitrogens with zero attached hydrogens (tertiary/aromatic N) is 2. The van der Waals surface area contributed by atoms with E-state index in [0.717, 1.165) is 18.8 Å². The minimum atomic E-state index is 0.351. The van der Waals surface area contributed by atoms with Gasteiger partial charge in [-0.1, -0.05) is 24.3 Å². The van der Waals surface area contributed by atoms with E-state index in [4.69, 9.17) is 0 Å². The van der Waals surface area contributed by atoms with Crippen LogP contribution in [0.4, 0.5) is 11.8 Å². The van der Waals surface area contributed by atoms with Crippen molar-refractivity contribution < 1.29 is 0 Å². The van der Waals surface area contributed by atoms with E-state index in [2.05, 4.69) is 44.9 Å². The molecule has 1 aromatic carbocycles. The van der Waals surface area contributed by atoms with Crippen molar-refractivity contribution in [2.75, 3.05) is 17.2 Å². The Hall–Kier alpha value is -2.10. The van der Waals surface area contributed by atoms with Crippen molar-refractivity contribution in [3.8, 4) is 0 Å². The van der Waals surface area contributed by atoms with Crippen molar-refractivity contribution in [3.63, 3.8) is 0 Å². The topological polar surface area (TPSA) is 49.8 Å². The highest BCUT2D eigenvalue weighted by molar-refractivity contribution is 5.44. The second-order valence-electron chi connectivity index (χ2n) is 5.08. The third-order valence-corrected chi connectivity index (χ3v) is 3.68. The molecule has 0 saturated heterocycles. The fourth-order valence-corrected chi connectivity index (χ4v) is 2.76. The molecule has 0 amide bonds. The second-order valence-corrected chi connectivity index (χ2v) is 5.08. The number of rotatable bonds is 4. The highest BCUT2D eigenvalue weighted by Gasteiger charge is 2.19. The maximum absolute atomic E-state index is 4.50. The predicted molar refractivity (Wildman–Crippen MR) is 81.9 cm³/mol. The van der Waals surface area contributed by atoms with Crippen LogP contribution in [0.15, 0.2) is 36.5 Å². The Labute approximate surface area is 119 Å². The number of aromatic nitrogens is 2. The first kappa shape index (κ1) is 12.9. The molecule has 2 N–H and O–H groups in total. The van der Waals surface area contributed by atoms with Crippen LogP contribution >= 0.6 is 0 Å². The van der Waals surface area contributed by atoms with Gasteiger partial charge in [0.15, 0.2) is 0 Å². The van der Waals surface area contributed by atoms with Gasteiger partial charge in [0, 0.05) is 12.7 Å². The van der Waals surface area contributed by atoms with E-state index in [1.807, 2.05) is 13.0 Å². The maximum atomic E-state index is 4.50. The molecule has 1 heterocycles. The van der Waals surface area contributed by atoms with Gasteiger partial charge in [0.1, 0.15) is 5.82 Å². The summed E-state index contributed by atoms with van der Waals surface area (Å²) in [6.07, 6.45) is 5.35. The van der Waals surface area contributed by atoms with Crippen LogP contribution in [0.2, 0.25) is 0 Å². The molecule has 0 saturated carbocycles. The molecule has 4 heteroatoms. The first-order chi connectivity index (χ1) is 9.86. The average Bonchev–Trinajstić information content (AvgIpc) is 2.48. The van der Waals surface area contributed by atoms with Crippen LogP contribution < -0.4 is 10.6 Å². The summed E-state index contributed by atoms with van der Waals surface area (Å²) in [4.78, 5) is 8.70. The smallest absolute Gasteiger partial charge is 0.224 e. The second kappa shape index (κ2) is 5.90. The highest BCUT2D eigenvalue weighted by Crippen LogP contribution is 2.31. The zero-order chi connectivity index (χ0) is 13.8. The van der Waals surface area contributed by atoms with E-state index in [1.165, 1.54) is 24.0 Å². The number of fused-ring (bicyclic) bond motifs is 1. The number of anilines is 2. The van der Waals surface area contributed by atoms with Gasteiger partial charge < -0.3 is 10.6 Å². The first-order valence-electron chi connectivity index (χ1n) is 7.28. The van der Waals surface area contributed by atoms with Crippen LogP contribution in [-0.2, 0) is 6.42 Å². The third kappa shape index (κ3) is 2.74. The zero-order valence-electron chi connectivity index (χ0n) is 11.8. The van der Waals surface area contributed by atoms with Crippen LogP contribution in [-0.4, -0.2) is 16.5 Å². The minimum absolute atomic E-state index is 0.351. The van der Waals surface area contributed by atoms with Crippen molar-refractivity contribution in [3.05, 3.63) is 47.7 Å². The molecule has 0 fully saturated rings. The summed E-state index contributed by atoms with van der Waals surface area (Å²) in [5, 5.41) is 6.69. The number of hydrogen-bond donors (Lipinski definition) is 2. The number of aryl methyl sites for hydroxylation is 1. The fourth-order valence-electron chi connectivity index (χ4n) is 2.76. The Morgan fingerprint density at radius 3 is 3.05 bits per heavy atom. The molecule has 1 aliphatic carbocycles. The van der Waals surface area contributed by atoms with Gasteiger partial charge in [0.2, 0.25) is 5.95 Å². The van der Waals surface area contributed by atoms with E-state index in [0.29, 0.717) is 12.0 Å². The molecule has 0 bridgehead atoms. The van der Waals surface area contributed by atoms with Gasteiger partial charge in [-0.2, -0.15) is 4.98 Å². The lowest BCUT2D eigenvalue weighted by Crippen LogP contribution is -2.18. The monoisotopic (exact) mass is 268 g/mol.